The van der Waals surface area contributed by atoms with E-state index in [9.17, 15) is 10.5 Å². The number of rotatable bonds is 20. The van der Waals surface area contributed by atoms with Crippen molar-refractivity contribution in [1.29, 1.82) is 10.5 Å². The Bertz CT molecular complexity index is 6680. The summed E-state index contributed by atoms with van der Waals surface area (Å²) in [5.41, 5.74) is 42.9. The molecular weight excluding hydrogens is 1570 g/mol. The van der Waals surface area contributed by atoms with Gasteiger partial charge in [0.1, 0.15) is 5.71 Å². The smallest absolute Gasteiger partial charge is 0.413 e. The van der Waals surface area contributed by atoms with Gasteiger partial charge in [0.25, 0.3) is 0 Å². The first-order valence-corrected chi connectivity index (χ1v) is 46.6. The molecule has 0 saturated heterocycles. The summed E-state index contributed by atoms with van der Waals surface area (Å²) in [6.07, 6.45) is 30.1. The highest BCUT2D eigenvalue weighted by Crippen LogP contribution is 2.51. The quantitative estimate of drug-likeness (QED) is 0.0563. The Hall–Kier alpha value is -12.8. The molecule has 0 amide bonds. The molecule has 3 unspecified atom stereocenters. The minimum Gasteiger partial charge on any atom is -0.413 e. The van der Waals surface area contributed by atoms with Gasteiger partial charge >= 0.3 is 19.2 Å². The van der Waals surface area contributed by atoms with Crippen LogP contribution in [0.25, 0.3) is 83.1 Å². The van der Waals surface area contributed by atoms with E-state index < -0.39 is 19.2 Å². The van der Waals surface area contributed by atoms with Crippen LogP contribution in [0.1, 0.15) is 215 Å². The van der Waals surface area contributed by atoms with Crippen molar-refractivity contribution in [2.24, 2.45) is 17.8 Å². The van der Waals surface area contributed by atoms with E-state index in [1.807, 2.05) is 48.5 Å². The van der Waals surface area contributed by atoms with Gasteiger partial charge in [-0.05, 0) is 285 Å². The Morgan fingerprint density at radius 2 is 0.754 bits per heavy atom. The summed E-state index contributed by atoms with van der Waals surface area (Å²) in [5.74, 6) is 1.49. The van der Waals surface area contributed by atoms with E-state index >= 15 is 0 Å². The first-order chi connectivity index (χ1) is 60.2. The maximum Gasteiger partial charge on any atom is 0.557 e. The molecule has 0 bridgehead atoms. The highest BCUT2D eigenvalue weighted by molar-refractivity contribution is 7.12. The number of hydrogen-bond acceptors (Lipinski definition) is 4. The van der Waals surface area contributed by atoms with Crippen LogP contribution in [-0.4, -0.2) is 63.3 Å². The van der Waals surface area contributed by atoms with Crippen molar-refractivity contribution in [3.05, 3.63) is 404 Å². The fraction of sp³-hybridized carbons (Fsp3) is 0.221. The highest BCUT2D eigenvalue weighted by Gasteiger charge is 2.57. The van der Waals surface area contributed by atoms with Gasteiger partial charge in [-0.1, -0.05) is 240 Å². The van der Waals surface area contributed by atoms with Crippen molar-refractivity contribution >= 4 is 142 Å². The van der Waals surface area contributed by atoms with Gasteiger partial charge in [0.2, 0.25) is 0 Å². The average Bonchev–Trinajstić information content (AvgIpc) is 1.55. The second-order valence-electron chi connectivity index (χ2n) is 37.5. The Kier molecular flexibility index (Phi) is 25.2. The predicted molar refractivity (Wildman–Crippen MR) is 548 cm³/mol. The van der Waals surface area contributed by atoms with E-state index in [0.29, 0.717) is 28.9 Å². The third-order valence-electron chi connectivity index (χ3n) is 26.0. The SMILES string of the molecule is [CH2+][B-]1(C)n2c(/C=C/c3ccc(C)cc3)cc(/C=C/c3ccc(C#N)cc3)c2C(CC(C)C)=C2C(/C=C/c3ccc(C)cc3)=CC(/C=C/c3ccc(C)cc3)=[N+]21.[CH2+][B-]1(C)n2c(/C=C/c3ccc(C)cc3)cc(/C=C/c3ccc(C#N)cc3)c2C(CC(C)C)=C2C(c3cccs3)=CC(c3cccs3)=[N+]21.[CH2+][B-]1(C)n2c(C)c(C)c(C)c2C(CC(C)C)=C2C(C)=C(C)C(C)=[N+]21. The number of allylic oxidation sites excluding steroid dienone is 10. The van der Waals surface area contributed by atoms with Crippen molar-refractivity contribution in [2.45, 2.75) is 151 Å². The summed E-state index contributed by atoms with van der Waals surface area (Å²) < 4.78 is 15.2. The van der Waals surface area contributed by atoms with Crippen LogP contribution in [0, 0.1) is 109 Å². The third-order valence-corrected chi connectivity index (χ3v) is 27.8. The fourth-order valence-electron chi connectivity index (χ4n) is 19.6. The first-order valence-electron chi connectivity index (χ1n) is 44.9. The van der Waals surface area contributed by atoms with Gasteiger partial charge in [-0.2, -0.15) is 10.5 Å². The van der Waals surface area contributed by atoms with Crippen LogP contribution >= 0.6 is 22.7 Å². The van der Waals surface area contributed by atoms with Gasteiger partial charge in [-0.3, -0.25) is 0 Å². The lowest BCUT2D eigenvalue weighted by Gasteiger charge is -2.35. The number of aromatic nitrogens is 3. The van der Waals surface area contributed by atoms with Crippen molar-refractivity contribution in [2.75, 3.05) is 0 Å². The van der Waals surface area contributed by atoms with Crippen LogP contribution in [0.15, 0.2) is 251 Å². The van der Waals surface area contributed by atoms with Crippen molar-refractivity contribution < 1.29 is 13.5 Å². The van der Waals surface area contributed by atoms with Crippen molar-refractivity contribution in [3.8, 4) is 12.1 Å². The molecule has 11 aromatic rings. The van der Waals surface area contributed by atoms with Crippen molar-refractivity contribution in [3.63, 3.8) is 0 Å². The molecule has 628 valence electrons. The van der Waals surface area contributed by atoms with Crippen molar-refractivity contribution in [1.82, 2.24) is 13.4 Å². The van der Waals surface area contributed by atoms with E-state index in [2.05, 4.69) is 400 Å². The molecule has 0 aliphatic carbocycles. The average molecular weight is 1680 g/mol. The molecular formula is C113H118B3N8S2+3. The van der Waals surface area contributed by atoms with Crippen LogP contribution in [0.3, 0.4) is 0 Å². The molecule has 6 aromatic carbocycles. The Balaban J connectivity index is 0.000000156. The zero-order valence-electron chi connectivity index (χ0n) is 77.2. The molecule has 0 fully saturated rings. The summed E-state index contributed by atoms with van der Waals surface area (Å²) >= 11 is 3.58. The van der Waals surface area contributed by atoms with E-state index in [0.717, 1.165) is 64.2 Å². The number of fused-ring (bicyclic) bond motifs is 6. The molecule has 11 heterocycles. The number of benzene rings is 6. The van der Waals surface area contributed by atoms with Gasteiger partial charge in [-0.15, -0.1) is 22.7 Å². The zero-order valence-corrected chi connectivity index (χ0v) is 78.8. The lowest BCUT2D eigenvalue weighted by Crippen LogP contribution is -2.54. The van der Waals surface area contributed by atoms with Crippen LogP contribution in [0.5, 0.6) is 0 Å². The Labute approximate surface area is 758 Å². The largest absolute Gasteiger partial charge is 0.557 e. The normalized spacial score (nSPS) is 18.4. The molecule has 6 aliphatic heterocycles. The van der Waals surface area contributed by atoms with E-state index in [1.165, 1.54) is 150 Å². The molecule has 3 atom stereocenters. The summed E-state index contributed by atoms with van der Waals surface area (Å²) in [6, 6.07) is 68.2. The van der Waals surface area contributed by atoms with Gasteiger partial charge in [-0.25, -0.2) is 0 Å². The lowest BCUT2D eigenvalue weighted by molar-refractivity contribution is -0.334. The predicted octanol–water partition coefficient (Wildman–Crippen LogP) is 28.6. The van der Waals surface area contributed by atoms with Crippen LogP contribution in [0.4, 0.5) is 0 Å². The number of thiophene rings is 2. The molecule has 17 rings (SSSR count). The van der Waals surface area contributed by atoms with E-state index in [-0.39, 0.29) is 0 Å². The molecule has 126 heavy (non-hydrogen) atoms. The fourth-order valence-corrected chi connectivity index (χ4v) is 21.1. The molecule has 8 nitrogen and oxygen atoms in total. The molecule has 0 radical (unpaired) electrons. The van der Waals surface area contributed by atoms with E-state index in [1.54, 1.807) is 22.7 Å². The number of hydrogen-bond donors (Lipinski definition) is 0. The highest BCUT2D eigenvalue weighted by atomic mass is 32.1. The number of nitrogens with zero attached hydrogens (tertiary/aromatic N) is 8. The molecule has 13 heteroatoms. The van der Waals surface area contributed by atoms with Gasteiger partial charge in [0.15, 0.2) is 28.5 Å². The van der Waals surface area contributed by atoms with E-state index in [4.69, 9.17) is 20.5 Å². The topological polar surface area (TPSA) is 71.4 Å². The lowest BCUT2D eigenvalue weighted by atomic mass is 9.48. The van der Waals surface area contributed by atoms with Crippen LogP contribution in [0.2, 0.25) is 20.5 Å². The third kappa shape index (κ3) is 17.3. The summed E-state index contributed by atoms with van der Waals surface area (Å²) in [6.45, 7) is 57.8. The van der Waals surface area contributed by atoms with Crippen LogP contribution in [-0.2, 0) is 0 Å². The number of nitriles is 2. The Morgan fingerprint density at radius 3 is 1.17 bits per heavy atom. The summed E-state index contributed by atoms with van der Waals surface area (Å²) in [5, 5.41) is 23.0. The second-order valence-corrected chi connectivity index (χ2v) is 39.4. The van der Waals surface area contributed by atoms with Gasteiger partial charge in [0.05, 0.1) is 33.7 Å². The summed E-state index contributed by atoms with van der Waals surface area (Å²) in [4.78, 5) is 2.53. The van der Waals surface area contributed by atoms with Gasteiger partial charge < -0.3 is 26.9 Å². The maximum absolute atomic E-state index is 9.39. The molecule has 6 aliphatic rings. The minimum absolute atomic E-state index is 0.408. The second kappa shape index (κ2) is 36.1. The molecule has 5 aromatic heterocycles. The summed E-state index contributed by atoms with van der Waals surface area (Å²) in [7, 11) is 0. The molecule has 0 N–H and O–H groups in total. The zero-order chi connectivity index (χ0) is 89.5. The maximum atomic E-state index is 9.39. The van der Waals surface area contributed by atoms with Gasteiger partial charge in [0, 0.05) is 91.9 Å². The van der Waals surface area contributed by atoms with Crippen LogP contribution < -0.4 is 0 Å². The number of aryl methyl sites for hydroxylation is 4. The molecule has 0 saturated carbocycles. The standard InChI is InChI=1S/C51H49BN3.C41H37BN3S2.C21H32BN2/c1-36(2)32-49-50-45(28-24-40-14-8-37(3)9-15-40)33-47(30-26-41-16-10-38(4)11-17-41)54(50)52(6,7)55-48(31-27-42-18-12-39(5)13-19-42)34-46(51(49)55)29-25-43-20-22-44(35-53)23-21-43;1-28(2)24-36-40-33(20-18-31-14-16-32(27-43)17-15-31)25-34(21-19-30-12-10-29(3)11-13-30)44(40)42(4,5)45-37(39-9-7-23-47-39)26-35(41(36)45)38-8-6-22-46-38;1-12(2)11-19-20-15(5)13(3)17(7)23(20)22(9,10)24-18(8)14(4)16(6)21(19)24/h8-31,33-34,36H,6,32H2,1-5,7H3;6-23,25-26,28H,4,24H2,1-3,5H3;12H,9,11H2,1-8,10H3/q3*+1/b28-24+,29-25+,30-26+,31-27+;20-18+,21-19+;. The first kappa shape index (κ1) is 88.1. The molecule has 0 spiro atoms. The monoisotopic (exact) mass is 1680 g/mol. The Morgan fingerprint density at radius 1 is 0.381 bits per heavy atom. The minimum atomic E-state index is -1.63.